The maximum Gasteiger partial charge on any atom is 0.243 e. The molecule has 0 saturated carbocycles. The van der Waals surface area contributed by atoms with E-state index in [2.05, 4.69) is 22.3 Å². The van der Waals surface area contributed by atoms with Gasteiger partial charge >= 0.3 is 0 Å². The van der Waals surface area contributed by atoms with Gasteiger partial charge in [-0.05, 0) is 92.9 Å². The van der Waals surface area contributed by atoms with E-state index in [1.54, 1.807) is 19.7 Å². The van der Waals surface area contributed by atoms with Crippen molar-refractivity contribution in [1.29, 1.82) is 0 Å². The Balaban J connectivity index is 1.14. The van der Waals surface area contributed by atoms with E-state index in [1.165, 1.54) is 5.56 Å². The van der Waals surface area contributed by atoms with Crippen molar-refractivity contribution in [3.8, 4) is 11.5 Å². The van der Waals surface area contributed by atoms with Gasteiger partial charge < -0.3 is 14.8 Å². The lowest BCUT2D eigenvalue weighted by atomic mass is 9.85. The first-order valence-electron chi connectivity index (χ1n) is 14.7. The number of benzene rings is 2. The molecule has 9 nitrogen and oxygen atoms in total. The average Bonchev–Trinajstić information content (AvgIpc) is 3.29. The van der Waals surface area contributed by atoms with E-state index < -0.39 is 0 Å². The van der Waals surface area contributed by atoms with E-state index in [4.69, 9.17) is 14.7 Å². The fourth-order valence-electron chi connectivity index (χ4n) is 6.03. The molecule has 1 fully saturated rings. The Kier molecular flexibility index (Phi) is 11.2. The number of ketones is 1. The molecular formula is C32H43N3O6. The van der Waals surface area contributed by atoms with Gasteiger partial charge in [0, 0.05) is 36.6 Å². The SMILES string of the molecule is COc1cc2c(cc1OC)C(=O)C(CC1CCN(Cc3ccc(NC(=O)CCCCCCC(=O)NO)cc3)CC1)C2. The minimum Gasteiger partial charge on any atom is -0.493 e. The molecular weight excluding hydrogens is 522 g/mol. The van der Waals surface area contributed by atoms with Crippen LogP contribution in [0.4, 0.5) is 5.69 Å². The number of rotatable bonds is 14. The molecule has 4 rings (SSSR count). The highest BCUT2D eigenvalue weighted by atomic mass is 16.5. The van der Waals surface area contributed by atoms with Crippen LogP contribution in [0.1, 0.15) is 79.3 Å². The third kappa shape index (κ3) is 8.53. The molecule has 1 heterocycles. The summed E-state index contributed by atoms with van der Waals surface area (Å²) in [6.07, 6.45) is 7.84. The van der Waals surface area contributed by atoms with Gasteiger partial charge in [-0.25, -0.2) is 5.48 Å². The molecule has 0 spiro atoms. The molecule has 1 aliphatic carbocycles. The number of hydrogen-bond acceptors (Lipinski definition) is 7. The Morgan fingerprint density at radius 2 is 1.56 bits per heavy atom. The number of nitrogens with zero attached hydrogens (tertiary/aromatic N) is 1. The van der Waals surface area contributed by atoms with Crippen LogP contribution in [0.15, 0.2) is 36.4 Å². The number of unbranched alkanes of at least 4 members (excludes halogenated alkanes) is 3. The van der Waals surface area contributed by atoms with Crippen LogP contribution >= 0.6 is 0 Å². The quantitative estimate of drug-likeness (QED) is 0.165. The smallest absolute Gasteiger partial charge is 0.243 e. The first-order chi connectivity index (χ1) is 19.9. The van der Waals surface area contributed by atoms with Gasteiger partial charge in [-0.2, -0.15) is 0 Å². The number of carbonyl (C=O) groups excluding carboxylic acids is 3. The van der Waals surface area contributed by atoms with Gasteiger partial charge in [-0.3, -0.25) is 24.5 Å². The van der Waals surface area contributed by atoms with Crippen molar-refractivity contribution in [1.82, 2.24) is 10.4 Å². The van der Waals surface area contributed by atoms with Crippen LogP contribution in [0, 0.1) is 11.8 Å². The van der Waals surface area contributed by atoms with E-state index in [1.807, 2.05) is 24.3 Å². The van der Waals surface area contributed by atoms with Gasteiger partial charge in [0.1, 0.15) is 0 Å². The summed E-state index contributed by atoms with van der Waals surface area (Å²) in [5.41, 5.74) is 5.50. The topological polar surface area (TPSA) is 117 Å². The zero-order valence-electron chi connectivity index (χ0n) is 24.2. The van der Waals surface area contributed by atoms with Gasteiger partial charge in [-0.1, -0.05) is 25.0 Å². The van der Waals surface area contributed by atoms with Crippen molar-refractivity contribution < 1.29 is 29.1 Å². The summed E-state index contributed by atoms with van der Waals surface area (Å²) in [6.45, 7) is 2.91. The molecule has 222 valence electrons. The largest absolute Gasteiger partial charge is 0.493 e. The highest BCUT2D eigenvalue weighted by molar-refractivity contribution is 6.03. The van der Waals surface area contributed by atoms with Crippen LogP contribution in [0.3, 0.4) is 0 Å². The lowest BCUT2D eigenvalue weighted by molar-refractivity contribution is -0.129. The van der Waals surface area contributed by atoms with Crippen LogP contribution in [-0.4, -0.2) is 55.0 Å². The summed E-state index contributed by atoms with van der Waals surface area (Å²) < 4.78 is 10.8. The Bertz CT molecular complexity index is 1190. The zero-order chi connectivity index (χ0) is 29.2. The summed E-state index contributed by atoms with van der Waals surface area (Å²) in [7, 11) is 3.22. The summed E-state index contributed by atoms with van der Waals surface area (Å²) in [5.74, 6) is 1.75. The Morgan fingerprint density at radius 1 is 0.927 bits per heavy atom. The number of hydrogen-bond donors (Lipinski definition) is 3. The van der Waals surface area contributed by atoms with Crippen LogP contribution in [0.25, 0.3) is 0 Å². The molecule has 0 radical (unpaired) electrons. The second-order valence-corrected chi connectivity index (χ2v) is 11.3. The first kappa shape index (κ1) is 30.5. The number of piperidine rings is 1. The molecule has 0 aromatic heterocycles. The molecule has 1 saturated heterocycles. The summed E-state index contributed by atoms with van der Waals surface area (Å²) in [4.78, 5) is 38.8. The van der Waals surface area contributed by atoms with E-state index in [0.29, 0.717) is 36.7 Å². The zero-order valence-corrected chi connectivity index (χ0v) is 24.2. The van der Waals surface area contributed by atoms with Crippen molar-refractivity contribution in [3.05, 3.63) is 53.1 Å². The second kappa shape index (κ2) is 15.0. The summed E-state index contributed by atoms with van der Waals surface area (Å²) in [6, 6.07) is 11.9. The minimum atomic E-state index is -0.372. The molecule has 1 aliphatic heterocycles. The number of nitrogens with one attached hydrogen (secondary N) is 2. The fourth-order valence-corrected chi connectivity index (χ4v) is 6.03. The lowest BCUT2D eigenvalue weighted by Crippen LogP contribution is -2.34. The maximum atomic E-state index is 13.1. The number of likely N-dealkylation sites (tertiary alicyclic amines) is 1. The van der Waals surface area contributed by atoms with Gasteiger partial charge in [-0.15, -0.1) is 0 Å². The number of amides is 2. The number of methoxy groups -OCH3 is 2. The first-order valence-corrected chi connectivity index (χ1v) is 14.7. The number of carbonyl (C=O) groups is 3. The molecule has 3 N–H and O–H groups in total. The Hall–Kier alpha value is -3.43. The molecule has 9 heteroatoms. The molecule has 1 unspecified atom stereocenters. The predicted octanol–water partition coefficient (Wildman–Crippen LogP) is 5.15. The third-order valence-electron chi connectivity index (χ3n) is 8.36. The third-order valence-corrected chi connectivity index (χ3v) is 8.36. The van der Waals surface area contributed by atoms with Crippen LogP contribution < -0.4 is 20.3 Å². The number of ether oxygens (including phenoxy) is 2. The summed E-state index contributed by atoms with van der Waals surface area (Å²) >= 11 is 0. The van der Waals surface area contributed by atoms with Gasteiger partial charge in [0.2, 0.25) is 11.8 Å². The Labute approximate surface area is 242 Å². The lowest BCUT2D eigenvalue weighted by Gasteiger charge is -2.33. The van der Waals surface area contributed by atoms with Crippen LogP contribution in [0.5, 0.6) is 11.5 Å². The number of Topliss-reactive ketones (excluding diaryl/α,β-unsaturated/α-hetero) is 1. The van der Waals surface area contributed by atoms with Crippen molar-refractivity contribution in [2.45, 2.75) is 70.8 Å². The van der Waals surface area contributed by atoms with Crippen molar-refractivity contribution >= 4 is 23.3 Å². The van der Waals surface area contributed by atoms with E-state index in [0.717, 1.165) is 81.4 Å². The standard InChI is InChI=1S/C32H43N3O6/c1-40-28-19-24-18-25(32(38)27(24)20-29(28)41-2)17-22-13-15-35(16-14-22)21-23-9-11-26(12-10-23)33-30(36)7-5-3-4-6-8-31(37)34-39/h9-12,19-20,22,25,39H,3-8,13-18,21H2,1-2H3,(H,33,36)(H,34,37). The molecule has 0 bridgehead atoms. The maximum absolute atomic E-state index is 13.1. The van der Waals surface area contributed by atoms with E-state index in [9.17, 15) is 14.4 Å². The van der Waals surface area contributed by atoms with E-state index >= 15 is 0 Å². The van der Waals surface area contributed by atoms with Crippen LogP contribution in [0.2, 0.25) is 0 Å². The number of fused-ring (bicyclic) bond motifs is 1. The van der Waals surface area contributed by atoms with Gasteiger partial charge in [0.25, 0.3) is 0 Å². The average molecular weight is 566 g/mol. The van der Waals surface area contributed by atoms with Gasteiger partial charge in [0.15, 0.2) is 17.3 Å². The predicted molar refractivity (Wildman–Crippen MR) is 156 cm³/mol. The summed E-state index contributed by atoms with van der Waals surface area (Å²) in [5, 5.41) is 11.5. The van der Waals surface area contributed by atoms with E-state index in [-0.39, 0.29) is 23.5 Å². The number of hydroxylamine groups is 1. The highest BCUT2D eigenvalue weighted by Gasteiger charge is 2.34. The Morgan fingerprint density at radius 3 is 2.20 bits per heavy atom. The molecule has 2 aromatic carbocycles. The van der Waals surface area contributed by atoms with Crippen LogP contribution in [-0.2, 0) is 22.6 Å². The normalized spacial score (nSPS) is 17.2. The molecule has 1 atom stereocenters. The minimum absolute atomic E-state index is 0.00459. The van der Waals surface area contributed by atoms with Crippen molar-refractivity contribution in [2.24, 2.45) is 11.8 Å². The fraction of sp³-hybridized carbons (Fsp3) is 0.531. The molecule has 2 aliphatic rings. The monoisotopic (exact) mass is 565 g/mol. The second-order valence-electron chi connectivity index (χ2n) is 11.3. The van der Waals surface area contributed by atoms with Crippen molar-refractivity contribution in [2.75, 3.05) is 32.6 Å². The molecule has 2 amide bonds. The highest BCUT2D eigenvalue weighted by Crippen LogP contribution is 2.39. The van der Waals surface area contributed by atoms with Crippen molar-refractivity contribution in [3.63, 3.8) is 0 Å². The molecule has 2 aromatic rings. The number of anilines is 1. The molecule has 41 heavy (non-hydrogen) atoms. The van der Waals surface area contributed by atoms with Gasteiger partial charge in [0.05, 0.1) is 14.2 Å².